The molecule has 1 N–H and O–H groups in total. The highest BCUT2D eigenvalue weighted by Crippen LogP contribution is 2.31. The normalized spacial score (nSPS) is 14.0. The van der Waals surface area contributed by atoms with E-state index in [4.69, 9.17) is 14.2 Å². The summed E-state index contributed by atoms with van der Waals surface area (Å²) in [6.45, 7) is 0.221. The van der Waals surface area contributed by atoms with E-state index >= 15 is 0 Å². The van der Waals surface area contributed by atoms with Gasteiger partial charge in [0.05, 0.1) is 6.21 Å². The highest BCUT2D eigenvalue weighted by atomic mass is 16.7. The summed E-state index contributed by atoms with van der Waals surface area (Å²) in [6.07, 6.45) is 0.836. The van der Waals surface area contributed by atoms with Crippen LogP contribution in [0, 0.1) is 0 Å². The molecule has 118 valence electrons. The minimum Gasteiger partial charge on any atom is -0.454 e. The molecule has 0 unspecified atom stereocenters. The number of nitrogens with one attached hydrogen (secondary N) is 1. The number of amides is 1. The van der Waals surface area contributed by atoms with E-state index in [1.54, 1.807) is 12.1 Å². The molecular weight excluding hydrogens is 296 g/mol. The van der Waals surface area contributed by atoms with Gasteiger partial charge in [-0.2, -0.15) is 5.10 Å². The highest BCUT2D eigenvalue weighted by Gasteiger charge is 2.19. The lowest BCUT2D eigenvalue weighted by atomic mass is 10.1. The number of benzene rings is 2. The molecule has 1 atom stereocenters. The second-order valence-corrected chi connectivity index (χ2v) is 4.87. The van der Waals surface area contributed by atoms with Crippen molar-refractivity contribution >= 4 is 12.1 Å². The van der Waals surface area contributed by atoms with Crippen LogP contribution >= 0.6 is 0 Å². The minimum absolute atomic E-state index is 0.221. The van der Waals surface area contributed by atoms with Crippen LogP contribution in [0.4, 0.5) is 0 Å². The summed E-state index contributed by atoms with van der Waals surface area (Å²) < 4.78 is 15.8. The van der Waals surface area contributed by atoms with Crippen molar-refractivity contribution in [2.75, 3.05) is 13.9 Å². The Morgan fingerprint density at radius 1 is 1.22 bits per heavy atom. The number of rotatable bonds is 5. The van der Waals surface area contributed by atoms with Gasteiger partial charge in [-0.05, 0) is 29.3 Å². The van der Waals surface area contributed by atoms with Gasteiger partial charge in [0.2, 0.25) is 6.79 Å². The fourth-order valence-corrected chi connectivity index (χ4v) is 2.24. The van der Waals surface area contributed by atoms with Crippen LogP contribution in [0.3, 0.4) is 0 Å². The first-order valence-corrected chi connectivity index (χ1v) is 7.08. The lowest BCUT2D eigenvalue weighted by molar-refractivity contribution is -0.131. The van der Waals surface area contributed by atoms with Crippen LogP contribution < -0.4 is 14.9 Å². The van der Waals surface area contributed by atoms with Crippen molar-refractivity contribution in [1.29, 1.82) is 0 Å². The van der Waals surface area contributed by atoms with E-state index in [1.807, 2.05) is 36.4 Å². The molecular formula is C17H16N2O4. The summed E-state index contributed by atoms with van der Waals surface area (Å²) in [4.78, 5) is 12.2. The Morgan fingerprint density at radius 3 is 2.78 bits per heavy atom. The number of hydrogen-bond donors (Lipinski definition) is 1. The van der Waals surface area contributed by atoms with Crippen molar-refractivity contribution in [2.24, 2.45) is 5.10 Å². The molecule has 0 saturated heterocycles. The third-order valence-corrected chi connectivity index (χ3v) is 3.36. The van der Waals surface area contributed by atoms with E-state index in [-0.39, 0.29) is 12.7 Å². The Hall–Kier alpha value is -2.86. The standard InChI is InChI=1S/C17H16N2O4/c1-21-16(13-5-3-2-4-6-13)17(20)19-18-10-12-7-8-14-15(9-12)23-11-22-14/h2-10,16H,11H2,1H3,(H,19,20)/b18-10-/t16-/m1/s1. The zero-order valence-corrected chi connectivity index (χ0v) is 12.6. The van der Waals surface area contributed by atoms with Gasteiger partial charge in [0.15, 0.2) is 17.6 Å². The first-order valence-electron chi connectivity index (χ1n) is 7.08. The first-order chi connectivity index (χ1) is 11.3. The quantitative estimate of drug-likeness (QED) is 0.679. The molecule has 1 heterocycles. The van der Waals surface area contributed by atoms with Crippen LogP contribution in [0.15, 0.2) is 53.6 Å². The Labute approximate surface area is 133 Å². The maximum atomic E-state index is 12.2. The summed E-state index contributed by atoms with van der Waals surface area (Å²) in [5.74, 6) is 1.03. The van der Waals surface area contributed by atoms with Gasteiger partial charge >= 0.3 is 0 Å². The molecule has 3 rings (SSSR count). The molecule has 2 aromatic carbocycles. The van der Waals surface area contributed by atoms with Gasteiger partial charge in [0, 0.05) is 7.11 Å². The van der Waals surface area contributed by atoms with Crippen LogP contribution in [0.25, 0.3) is 0 Å². The molecule has 1 aliphatic heterocycles. The van der Waals surface area contributed by atoms with E-state index in [1.165, 1.54) is 13.3 Å². The Balaban J connectivity index is 1.64. The maximum Gasteiger partial charge on any atom is 0.273 e. The Bertz CT molecular complexity index is 716. The van der Waals surface area contributed by atoms with E-state index in [0.717, 1.165) is 11.1 Å². The zero-order chi connectivity index (χ0) is 16.1. The number of fused-ring (bicyclic) bond motifs is 1. The fraction of sp³-hybridized carbons (Fsp3) is 0.176. The monoisotopic (exact) mass is 312 g/mol. The van der Waals surface area contributed by atoms with E-state index in [0.29, 0.717) is 11.5 Å². The Kier molecular flexibility index (Phi) is 4.54. The minimum atomic E-state index is -0.704. The van der Waals surface area contributed by atoms with Crippen LogP contribution in [0.5, 0.6) is 11.5 Å². The highest BCUT2D eigenvalue weighted by molar-refractivity contribution is 5.85. The lowest BCUT2D eigenvalue weighted by Crippen LogP contribution is -2.26. The molecule has 0 bridgehead atoms. The number of hydrazone groups is 1. The summed E-state index contributed by atoms with van der Waals surface area (Å²) in [6, 6.07) is 14.7. The molecule has 0 saturated carbocycles. The third kappa shape index (κ3) is 3.49. The zero-order valence-electron chi connectivity index (χ0n) is 12.6. The van der Waals surface area contributed by atoms with Gasteiger partial charge in [0.1, 0.15) is 0 Å². The average Bonchev–Trinajstić information content (AvgIpc) is 3.04. The van der Waals surface area contributed by atoms with Gasteiger partial charge in [0.25, 0.3) is 5.91 Å². The molecule has 6 nitrogen and oxygen atoms in total. The van der Waals surface area contributed by atoms with Gasteiger partial charge in [-0.3, -0.25) is 4.79 Å². The molecule has 0 spiro atoms. The lowest BCUT2D eigenvalue weighted by Gasteiger charge is -2.13. The van der Waals surface area contributed by atoms with E-state index < -0.39 is 6.10 Å². The van der Waals surface area contributed by atoms with Crippen LogP contribution in [-0.2, 0) is 9.53 Å². The van der Waals surface area contributed by atoms with Crippen LogP contribution in [0.2, 0.25) is 0 Å². The molecule has 6 heteroatoms. The van der Waals surface area contributed by atoms with Crippen LogP contribution in [-0.4, -0.2) is 26.0 Å². The van der Waals surface area contributed by atoms with Crippen molar-refractivity contribution in [3.63, 3.8) is 0 Å². The first kappa shape index (κ1) is 15.1. The third-order valence-electron chi connectivity index (χ3n) is 3.36. The summed E-state index contributed by atoms with van der Waals surface area (Å²) in [7, 11) is 1.48. The van der Waals surface area contributed by atoms with Crippen molar-refractivity contribution in [2.45, 2.75) is 6.10 Å². The molecule has 1 aliphatic rings. The number of nitrogens with zero attached hydrogens (tertiary/aromatic N) is 1. The molecule has 0 radical (unpaired) electrons. The fourth-order valence-electron chi connectivity index (χ4n) is 2.24. The number of methoxy groups -OCH3 is 1. The predicted molar refractivity (Wildman–Crippen MR) is 84.5 cm³/mol. The van der Waals surface area contributed by atoms with Crippen molar-refractivity contribution in [1.82, 2.24) is 5.43 Å². The number of carbonyl (C=O) groups excluding carboxylic acids is 1. The van der Waals surface area contributed by atoms with Gasteiger partial charge in [-0.15, -0.1) is 0 Å². The molecule has 0 aliphatic carbocycles. The molecule has 23 heavy (non-hydrogen) atoms. The second-order valence-electron chi connectivity index (χ2n) is 4.87. The van der Waals surface area contributed by atoms with Crippen molar-refractivity contribution in [3.8, 4) is 11.5 Å². The molecule has 2 aromatic rings. The molecule has 0 aromatic heterocycles. The predicted octanol–water partition coefficient (Wildman–Crippen LogP) is 2.25. The largest absolute Gasteiger partial charge is 0.454 e. The summed E-state index contributed by atoms with van der Waals surface area (Å²) in [5, 5.41) is 3.96. The van der Waals surface area contributed by atoms with Gasteiger partial charge in [-0.1, -0.05) is 30.3 Å². The smallest absolute Gasteiger partial charge is 0.273 e. The van der Waals surface area contributed by atoms with Crippen LogP contribution in [0.1, 0.15) is 17.2 Å². The molecule has 1 amide bonds. The number of carbonyl (C=O) groups is 1. The van der Waals surface area contributed by atoms with Gasteiger partial charge < -0.3 is 14.2 Å². The van der Waals surface area contributed by atoms with Gasteiger partial charge in [-0.25, -0.2) is 5.43 Å². The second kappa shape index (κ2) is 6.93. The average molecular weight is 312 g/mol. The van der Waals surface area contributed by atoms with Crippen molar-refractivity contribution in [3.05, 3.63) is 59.7 Å². The Morgan fingerprint density at radius 2 is 2.00 bits per heavy atom. The topological polar surface area (TPSA) is 69.2 Å². The van der Waals surface area contributed by atoms with E-state index in [2.05, 4.69) is 10.5 Å². The SMILES string of the molecule is CO[C@@H](C(=O)N/N=C\c1ccc2c(c1)OCO2)c1ccccc1. The molecule has 0 fully saturated rings. The number of ether oxygens (including phenoxy) is 3. The summed E-state index contributed by atoms with van der Waals surface area (Å²) in [5.41, 5.74) is 4.05. The van der Waals surface area contributed by atoms with Crippen molar-refractivity contribution < 1.29 is 19.0 Å². The summed E-state index contributed by atoms with van der Waals surface area (Å²) >= 11 is 0. The maximum absolute atomic E-state index is 12.2. The van der Waals surface area contributed by atoms with E-state index in [9.17, 15) is 4.79 Å². The number of hydrogen-bond acceptors (Lipinski definition) is 5.